The van der Waals surface area contributed by atoms with Crippen LogP contribution in [0.4, 0.5) is 0 Å². The maximum Gasteiger partial charge on any atom is 0.180 e. The van der Waals surface area contributed by atoms with Gasteiger partial charge in [-0.15, -0.1) is 22.7 Å². The van der Waals surface area contributed by atoms with E-state index in [-0.39, 0.29) is 6.10 Å². The highest BCUT2D eigenvalue weighted by Gasteiger charge is 2.30. The summed E-state index contributed by atoms with van der Waals surface area (Å²) in [7, 11) is 0. The van der Waals surface area contributed by atoms with Crippen LogP contribution in [0.1, 0.15) is 37.7 Å². The van der Waals surface area contributed by atoms with Crippen molar-refractivity contribution < 1.29 is 9.47 Å². The smallest absolute Gasteiger partial charge is 0.180 e. The summed E-state index contributed by atoms with van der Waals surface area (Å²) in [5, 5.41) is 4.19. The van der Waals surface area contributed by atoms with E-state index in [9.17, 15) is 0 Å². The van der Waals surface area contributed by atoms with Crippen molar-refractivity contribution in [3.8, 4) is 38.1 Å². The fraction of sp³-hybridized carbons (Fsp3) is 0.259. The molecule has 0 spiro atoms. The second kappa shape index (κ2) is 9.49. The minimum Gasteiger partial charge on any atom is -0.486 e. The van der Waals surface area contributed by atoms with Crippen molar-refractivity contribution in [1.82, 2.24) is 8.75 Å². The van der Waals surface area contributed by atoms with Crippen LogP contribution in [-0.4, -0.2) is 14.9 Å². The minimum atomic E-state index is 0.174. The van der Waals surface area contributed by atoms with Crippen LogP contribution < -0.4 is 9.47 Å². The van der Waals surface area contributed by atoms with Gasteiger partial charge in [-0.3, -0.25) is 0 Å². The summed E-state index contributed by atoms with van der Waals surface area (Å²) >= 11 is 4.62. The number of hydrogen-bond acceptors (Lipinski definition) is 7. The first-order chi connectivity index (χ1) is 16.8. The Balaban J connectivity index is 1.63. The Morgan fingerprint density at radius 3 is 1.97 bits per heavy atom. The fourth-order valence-electron chi connectivity index (χ4n) is 4.54. The van der Waals surface area contributed by atoms with E-state index in [1.807, 2.05) is 12.1 Å². The van der Waals surface area contributed by atoms with Crippen molar-refractivity contribution in [2.24, 2.45) is 0 Å². The van der Waals surface area contributed by atoms with E-state index in [2.05, 4.69) is 54.1 Å². The van der Waals surface area contributed by atoms with Gasteiger partial charge in [-0.05, 0) is 67.6 Å². The molecule has 3 aromatic heterocycles. The van der Waals surface area contributed by atoms with E-state index >= 15 is 0 Å². The number of thiophene rings is 2. The average molecular weight is 505 g/mol. The standard InChI is InChI=1S/C27H24N2O2S3/c1-17-11-13-19(14-12-17)31-27-23(21-10-6-16-33-21)25-24(28-34-29-25)22(20-9-5-15-32-20)26(27)30-18-7-3-2-4-8-18/h5-6,9-16,18H,2-4,7-8H2,1H3. The first-order valence-corrected chi connectivity index (χ1v) is 14.1. The van der Waals surface area contributed by atoms with Crippen LogP contribution in [-0.2, 0) is 0 Å². The monoisotopic (exact) mass is 504 g/mol. The molecule has 7 heteroatoms. The van der Waals surface area contributed by atoms with E-state index in [4.69, 9.17) is 18.2 Å². The predicted octanol–water partition coefficient (Wildman–Crippen LogP) is 8.96. The van der Waals surface area contributed by atoms with Crippen molar-refractivity contribution in [1.29, 1.82) is 0 Å². The van der Waals surface area contributed by atoms with E-state index in [1.54, 1.807) is 22.7 Å². The molecule has 0 atom stereocenters. The Morgan fingerprint density at radius 1 is 0.765 bits per heavy atom. The van der Waals surface area contributed by atoms with E-state index in [0.717, 1.165) is 62.0 Å². The zero-order valence-electron chi connectivity index (χ0n) is 18.8. The molecule has 1 fully saturated rings. The first-order valence-electron chi connectivity index (χ1n) is 11.6. The zero-order valence-corrected chi connectivity index (χ0v) is 21.3. The van der Waals surface area contributed by atoms with Gasteiger partial charge in [0.25, 0.3) is 0 Å². The molecule has 0 radical (unpaired) electrons. The van der Waals surface area contributed by atoms with Gasteiger partial charge >= 0.3 is 0 Å². The van der Waals surface area contributed by atoms with Crippen LogP contribution in [0.5, 0.6) is 17.2 Å². The van der Waals surface area contributed by atoms with Crippen LogP contribution in [0.2, 0.25) is 0 Å². The lowest BCUT2D eigenvalue weighted by atomic mass is 9.97. The van der Waals surface area contributed by atoms with Gasteiger partial charge in [0.15, 0.2) is 11.5 Å². The summed E-state index contributed by atoms with van der Waals surface area (Å²) in [4.78, 5) is 2.22. The number of hydrogen-bond donors (Lipinski definition) is 0. The average Bonchev–Trinajstić information content (AvgIpc) is 3.65. The quantitative estimate of drug-likeness (QED) is 0.231. The Kier molecular flexibility index (Phi) is 6.07. The highest BCUT2D eigenvalue weighted by atomic mass is 32.1. The van der Waals surface area contributed by atoms with Crippen LogP contribution in [0.15, 0.2) is 59.3 Å². The molecule has 34 heavy (non-hydrogen) atoms. The van der Waals surface area contributed by atoms with Crippen molar-refractivity contribution in [2.75, 3.05) is 0 Å². The summed E-state index contributed by atoms with van der Waals surface area (Å²) in [5.74, 6) is 2.32. The van der Waals surface area contributed by atoms with Gasteiger partial charge in [-0.1, -0.05) is 36.2 Å². The summed E-state index contributed by atoms with van der Waals surface area (Å²) in [6, 6.07) is 16.6. The van der Waals surface area contributed by atoms with Crippen molar-refractivity contribution in [3.63, 3.8) is 0 Å². The summed E-state index contributed by atoms with van der Waals surface area (Å²) in [6.45, 7) is 2.08. The number of fused-ring (bicyclic) bond motifs is 1. The molecule has 3 heterocycles. The van der Waals surface area contributed by atoms with Crippen molar-refractivity contribution in [2.45, 2.75) is 45.1 Å². The molecule has 1 saturated carbocycles. The van der Waals surface area contributed by atoms with Gasteiger partial charge in [0, 0.05) is 9.75 Å². The number of benzene rings is 2. The topological polar surface area (TPSA) is 44.2 Å². The summed E-state index contributed by atoms with van der Waals surface area (Å²) in [6.07, 6.45) is 5.98. The maximum atomic E-state index is 6.88. The predicted molar refractivity (Wildman–Crippen MR) is 143 cm³/mol. The SMILES string of the molecule is Cc1ccc(Oc2c(OC3CCCCC3)c(-c3cccs3)c3nsnc3c2-c2cccs2)cc1. The number of rotatable bonds is 6. The lowest BCUT2D eigenvalue weighted by Gasteiger charge is -2.26. The van der Waals surface area contributed by atoms with Crippen LogP contribution in [0.3, 0.4) is 0 Å². The second-order valence-electron chi connectivity index (χ2n) is 8.62. The Bertz CT molecular complexity index is 1380. The van der Waals surface area contributed by atoms with Crippen LogP contribution in [0, 0.1) is 6.92 Å². The number of aromatic nitrogens is 2. The number of nitrogens with zero attached hydrogens (tertiary/aromatic N) is 2. The van der Waals surface area contributed by atoms with Gasteiger partial charge in [0.2, 0.25) is 0 Å². The Hall–Kier alpha value is -2.74. The lowest BCUT2D eigenvalue weighted by Crippen LogP contribution is -2.20. The Labute approximate surface area is 211 Å². The van der Waals surface area contributed by atoms with E-state index < -0.39 is 0 Å². The third-order valence-electron chi connectivity index (χ3n) is 6.24. The molecular formula is C27H24N2O2S3. The molecule has 2 aromatic carbocycles. The lowest BCUT2D eigenvalue weighted by molar-refractivity contribution is 0.152. The second-order valence-corrected chi connectivity index (χ2v) is 11.0. The van der Waals surface area contributed by atoms with Crippen molar-refractivity contribution in [3.05, 3.63) is 64.9 Å². The molecule has 0 saturated heterocycles. The molecule has 1 aliphatic rings. The van der Waals surface area contributed by atoms with Crippen molar-refractivity contribution >= 4 is 45.4 Å². The largest absolute Gasteiger partial charge is 0.486 e. The number of aryl methyl sites for hydroxylation is 1. The minimum absolute atomic E-state index is 0.174. The van der Waals surface area contributed by atoms with Crippen LogP contribution >= 0.6 is 34.4 Å². The van der Waals surface area contributed by atoms with Crippen LogP contribution in [0.25, 0.3) is 31.9 Å². The highest BCUT2D eigenvalue weighted by Crippen LogP contribution is 2.53. The molecule has 1 aliphatic carbocycles. The molecule has 0 N–H and O–H groups in total. The molecule has 5 aromatic rings. The summed E-state index contributed by atoms with van der Waals surface area (Å²) in [5.41, 5.74) is 4.91. The van der Waals surface area contributed by atoms with E-state index in [0.29, 0.717) is 0 Å². The molecule has 0 amide bonds. The Morgan fingerprint density at radius 2 is 1.38 bits per heavy atom. The first kappa shape index (κ1) is 21.8. The normalized spacial score (nSPS) is 14.5. The molecular weight excluding hydrogens is 481 g/mol. The number of ether oxygens (including phenoxy) is 2. The van der Waals surface area contributed by atoms with E-state index in [1.165, 1.54) is 36.6 Å². The van der Waals surface area contributed by atoms with Gasteiger partial charge in [0.1, 0.15) is 16.8 Å². The highest BCUT2D eigenvalue weighted by molar-refractivity contribution is 7.14. The molecule has 0 bridgehead atoms. The molecule has 6 rings (SSSR count). The third-order valence-corrected chi connectivity index (χ3v) is 8.54. The fourth-order valence-corrected chi connectivity index (χ4v) is 6.64. The third kappa shape index (κ3) is 4.13. The maximum absolute atomic E-state index is 6.88. The van der Waals surface area contributed by atoms with Gasteiger partial charge < -0.3 is 9.47 Å². The molecule has 4 nitrogen and oxygen atoms in total. The zero-order chi connectivity index (χ0) is 22.9. The summed E-state index contributed by atoms with van der Waals surface area (Å²) < 4.78 is 23.1. The molecule has 0 unspecified atom stereocenters. The molecule has 172 valence electrons. The molecule has 0 aliphatic heterocycles. The van der Waals surface area contributed by atoms with Gasteiger partial charge in [0.05, 0.1) is 29.0 Å². The van der Waals surface area contributed by atoms with Gasteiger partial charge in [-0.2, -0.15) is 8.75 Å². The van der Waals surface area contributed by atoms with Gasteiger partial charge in [-0.25, -0.2) is 0 Å².